The van der Waals surface area contributed by atoms with Gasteiger partial charge < -0.3 is 34.3 Å². The molecule has 1 aliphatic carbocycles. The van der Waals surface area contributed by atoms with Crippen LogP contribution < -0.4 is 10.1 Å². The van der Waals surface area contributed by atoms with Crippen molar-refractivity contribution in [2.75, 3.05) is 27.4 Å². The molecular weight excluding hydrogens is 733 g/mol. The molecule has 2 saturated heterocycles. The van der Waals surface area contributed by atoms with Crippen LogP contribution in [0.4, 0.5) is 10.5 Å². The fourth-order valence-corrected chi connectivity index (χ4v) is 9.85. The molecular formula is C46H54N6O6. The molecule has 6 atom stereocenters. The number of ether oxygens (including phenoxy) is 3. The van der Waals surface area contributed by atoms with E-state index in [0.29, 0.717) is 38.5 Å². The number of rotatable bonds is 9. The average Bonchev–Trinajstić information content (AvgIpc) is 3.66. The van der Waals surface area contributed by atoms with Crippen molar-refractivity contribution in [3.8, 4) is 28.1 Å². The average molecular weight is 787 g/mol. The van der Waals surface area contributed by atoms with Crippen LogP contribution in [0.3, 0.4) is 0 Å². The number of aliphatic imine (C=N–C) groups is 1. The summed E-state index contributed by atoms with van der Waals surface area (Å²) in [5.74, 6) is 2.34. The molecule has 5 aliphatic rings. The predicted octanol–water partition coefficient (Wildman–Crippen LogP) is 7.76. The SMILES string of the molecule is COC[C@H]1C[C@@H](C2=Nc3ccc4cc5c(cc4c3C2)OCc2cc(-c3cnc([C@@H]4C[C@H]6C[C@H]6N4C(=O)[C@@H](NC(=O)OC)C(C)C)[nH]3)ccc2-5)N(C(=O)CC(C)(C)C)C1. The number of methoxy groups -OCH3 is 2. The highest BCUT2D eigenvalue weighted by atomic mass is 16.5. The van der Waals surface area contributed by atoms with Gasteiger partial charge in [0.15, 0.2) is 0 Å². The van der Waals surface area contributed by atoms with Crippen LogP contribution in [-0.2, 0) is 32.1 Å². The van der Waals surface area contributed by atoms with E-state index in [9.17, 15) is 14.4 Å². The lowest BCUT2D eigenvalue weighted by atomic mass is 9.90. The molecule has 0 bridgehead atoms. The molecule has 2 N–H and O–H groups in total. The van der Waals surface area contributed by atoms with E-state index >= 15 is 0 Å². The number of alkyl carbamates (subject to hydrolysis) is 1. The second kappa shape index (κ2) is 14.5. The van der Waals surface area contributed by atoms with E-state index in [1.165, 1.54) is 12.7 Å². The summed E-state index contributed by atoms with van der Waals surface area (Å²) in [4.78, 5) is 57.1. The van der Waals surface area contributed by atoms with Crippen molar-refractivity contribution in [1.29, 1.82) is 0 Å². The molecule has 58 heavy (non-hydrogen) atoms. The summed E-state index contributed by atoms with van der Waals surface area (Å²) in [6.07, 6.45) is 5.13. The highest BCUT2D eigenvalue weighted by Gasteiger charge is 2.56. The second-order valence-corrected chi connectivity index (χ2v) is 18.5. The van der Waals surface area contributed by atoms with Gasteiger partial charge in [-0.1, -0.05) is 52.8 Å². The van der Waals surface area contributed by atoms with Crippen LogP contribution in [-0.4, -0.2) is 88.9 Å². The number of hydrogen-bond acceptors (Lipinski definition) is 8. The van der Waals surface area contributed by atoms with E-state index in [1.807, 2.05) is 24.9 Å². The maximum atomic E-state index is 13.9. The van der Waals surface area contributed by atoms with E-state index in [4.69, 9.17) is 24.2 Å². The molecule has 1 aromatic heterocycles. The molecule has 5 heterocycles. The zero-order valence-corrected chi connectivity index (χ0v) is 34.6. The van der Waals surface area contributed by atoms with Crippen molar-refractivity contribution in [2.45, 2.75) is 97.5 Å². The molecule has 0 unspecified atom stereocenters. The molecule has 0 spiro atoms. The Morgan fingerprint density at radius 3 is 2.60 bits per heavy atom. The number of benzene rings is 3. The molecule has 12 nitrogen and oxygen atoms in total. The summed E-state index contributed by atoms with van der Waals surface area (Å²) in [6.45, 7) is 12.0. The first-order chi connectivity index (χ1) is 27.8. The molecule has 0 radical (unpaired) electrons. The van der Waals surface area contributed by atoms with Gasteiger partial charge in [-0.3, -0.25) is 14.6 Å². The number of fused-ring (bicyclic) bond motifs is 7. The Bertz CT molecular complexity index is 2340. The van der Waals surface area contributed by atoms with Crippen molar-refractivity contribution >= 4 is 40.1 Å². The van der Waals surface area contributed by atoms with E-state index in [-0.39, 0.29) is 47.2 Å². The van der Waals surface area contributed by atoms with Gasteiger partial charge in [-0.25, -0.2) is 9.78 Å². The van der Waals surface area contributed by atoms with Crippen LogP contribution >= 0.6 is 0 Å². The molecule has 4 aromatic rings. The van der Waals surface area contributed by atoms with Crippen LogP contribution in [0.25, 0.3) is 33.2 Å². The monoisotopic (exact) mass is 786 g/mol. The van der Waals surface area contributed by atoms with Gasteiger partial charge >= 0.3 is 6.09 Å². The van der Waals surface area contributed by atoms with Crippen LogP contribution in [0.15, 0.2) is 53.7 Å². The largest absolute Gasteiger partial charge is 0.488 e. The van der Waals surface area contributed by atoms with Gasteiger partial charge in [-0.15, -0.1) is 0 Å². The number of nitrogens with one attached hydrogen (secondary N) is 2. The van der Waals surface area contributed by atoms with E-state index in [2.05, 4.69) is 78.4 Å². The lowest BCUT2D eigenvalue weighted by Crippen LogP contribution is -2.52. The Labute approximate surface area is 339 Å². The normalized spacial score (nSPS) is 23.5. The molecule has 1 saturated carbocycles. The summed E-state index contributed by atoms with van der Waals surface area (Å²) in [5.41, 5.74) is 8.28. The summed E-state index contributed by atoms with van der Waals surface area (Å²) in [6, 6.07) is 14.4. The zero-order valence-electron chi connectivity index (χ0n) is 34.6. The van der Waals surface area contributed by atoms with Gasteiger partial charge in [0.2, 0.25) is 11.8 Å². The van der Waals surface area contributed by atoms with Crippen LogP contribution in [0, 0.1) is 23.2 Å². The Morgan fingerprint density at radius 1 is 1.02 bits per heavy atom. The van der Waals surface area contributed by atoms with Crippen molar-refractivity contribution < 1.29 is 28.6 Å². The van der Waals surface area contributed by atoms with E-state index in [0.717, 1.165) is 81.0 Å². The number of hydrogen-bond donors (Lipinski definition) is 2. The highest BCUT2D eigenvalue weighted by Crippen LogP contribution is 2.53. The minimum absolute atomic E-state index is 0.0314. The predicted molar refractivity (Wildman–Crippen MR) is 222 cm³/mol. The Kier molecular flexibility index (Phi) is 9.61. The quantitative estimate of drug-likeness (QED) is 0.177. The number of imidazole rings is 1. The van der Waals surface area contributed by atoms with Gasteiger partial charge in [-0.2, -0.15) is 0 Å². The number of aromatic amines is 1. The summed E-state index contributed by atoms with van der Waals surface area (Å²) < 4.78 is 16.8. The first kappa shape index (κ1) is 38.3. The van der Waals surface area contributed by atoms with E-state index in [1.54, 1.807) is 7.11 Å². The van der Waals surface area contributed by atoms with Crippen molar-refractivity contribution in [3.05, 3.63) is 65.6 Å². The standard InChI is InChI=1S/C46H54N6O6/c1-24(2)42(50-45(55)57-7)44(54)52-37-15-28(37)16-39(52)43-47-20-36(49-43)27-8-10-30-29(13-27)23-58-40-18-31-26(14-33(30)40)9-11-34-32(31)17-35(48-34)38-12-25(22-56-6)21-51(38)41(53)19-46(3,4)5/h8-11,13-14,18,20,24-25,28,37-39,42H,12,15-17,19,21-23H2,1-7H3,(H,47,49)(H,50,55)/t25-,28+,37+,38-,39-,42-/m0/s1. The third-order valence-corrected chi connectivity index (χ3v) is 12.8. The number of carbonyl (C=O) groups is 3. The van der Waals surface area contributed by atoms with Gasteiger partial charge in [0.05, 0.1) is 43.4 Å². The van der Waals surface area contributed by atoms with Crippen LogP contribution in [0.2, 0.25) is 0 Å². The Morgan fingerprint density at radius 2 is 1.84 bits per heavy atom. The maximum absolute atomic E-state index is 13.9. The van der Waals surface area contributed by atoms with E-state index < -0.39 is 12.1 Å². The van der Waals surface area contributed by atoms with Crippen molar-refractivity contribution in [3.63, 3.8) is 0 Å². The van der Waals surface area contributed by atoms with Gasteiger partial charge in [-0.05, 0) is 93.8 Å². The topological polar surface area (TPSA) is 138 Å². The number of likely N-dealkylation sites (tertiary alicyclic amines) is 2. The highest BCUT2D eigenvalue weighted by molar-refractivity contribution is 6.06. The minimum atomic E-state index is -0.677. The second-order valence-electron chi connectivity index (χ2n) is 18.5. The van der Waals surface area contributed by atoms with Gasteiger partial charge in [0.1, 0.15) is 24.2 Å². The number of aromatic nitrogens is 2. The molecule has 12 heteroatoms. The fraction of sp³-hybridized carbons (Fsp3) is 0.500. The molecule has 4 aliphatic heterocycles. The van der Waals surface area contributed by atoms with Crippen molar-refractivity contribution in [2.24, 2.45) is 28.2 Å². The fourth-order valence-electron chi connectivity index (χ4n) is 9.85. The lowest BCUT2D eigenvalue weighted by molar-refractivity contribution is -0.136. The number of nitrogens with zero attached hydrogens (tertiary/aromatic N) is 4. The first-order valence-corrected chi connectivity index (χ1v) is 20.7. The zero-order chi connectivity index (χ0) is 40.6. The summed E-state index contributed by atoms with van der Waals surface area (Å²) in [5, 5.41) is 5.02. The lowest BCUT2D eigenvalue weighted by Gasteiger charge is -2.31. The maximum Gasteiger partial charge on any atom is 0.407 e. The van der Waals surface area contributed by atoms with Crippen molar-refractivity contribution in [1.82, 2.24) is 25.1 Å². The van der Waals surface area contributed by atoms with Crippen LogP contribution in [0.5, 0.6) is 5.75 Å². The van der Waals surface area contributed by atoms with Gasteiger partial charge in [0.25, 0.3) is 0 Å². The number of carbonyl (C=O) groups excluding carboxylic acids is 3. The smallest absolute Gasteiger partial charge is 0.407 e. The Balaban J connectivity index is 0.944. The van der Waals surface area contributed by atoms with Crippen LogP contribution in [0.1, 0.15) is 83.3 Å². The molecule has 304 valence electrons. The third-order valence-electron chi connectivity index (χ3n) is 12.8. The third kappa shape index (κ3) is 6.92. The summed E-state index contributed by atoms with van der Waals surface area (Å²) >= 11 is 0. The summed E-state index contributed by atoms with van der Waals surface area (Å²) in [7, 11) is 3.04. The van der Waals surface area contributed by atoms with Gasteiger partial charge in [0, 0.05) is 49.7 Å². The number of piperidine rings is 1. The molecule has 3 aromatic carbocycles. The number of H-pyrrole nitrogens is 1. The first-order valence-electron chi connectivity index (χ1n) is 20.7. The minimum Gasteiger partial charge on any atom is -0.488 e. The molecule has 3 fully saturated rings. The Hall–Kier alpha value is -5.23. The molecule has 9 rings (SSSR count). The molecule has 3 amide bonds. The number of amides is 3.